The van der Waals surface area contributed by atoms with Crippen molar-refractivity contribution in [1.82, 2.24) is 10.3 Å². The molecular weight excluding hydrogens is 256 g/mol. The standard InChI is InChI=1S/C15H20N2OS/c1-11(2)16-9-14-13(10-18-3)17-15(19-14)12-7-5-4-6-8-12/h4-8,11,16H,9-10H2,1-3H3. The van der Waals surface area contributed by atoms with E-state index in [1.165, 1.54) is 10.4 Å². The predicted molar refractivity (Wildman–Crippen MR) is 80.2 cm³/mol. The highest BCUT2D eigenvalue weighted by Crippen LogP contribution is 2.28. The summed E-state index contributed by atoms with van der Waals surface area (Å²) in [6.07, 6.45) is 0. The van der Waals surface area contributed by atoms with Crippen LogP contribution in [0.25, 0.3) is 10.6 Å². The van der Waals surface area contributed by atoms with Gasteiger partial charge in [-0.25, -0.2) is 4.98 Å². The fourth-order valence-electron chi connectivity index (χ4n) is 1.77. The maximum Gasteiger partial charge on any atom is 0.124 e. The number of aromatic nitrogens is 1. The Labute approximate surface area is 118 Å². The molecule has 102 valence electrons. The summed E-state index contributed by atoms with van der Waals surface area (Å²) in [5.74, 6) is 0. The maximum atomic E-state index is 5.24. The number of thiazole rings is 1. The van der Waals surface area contributed by atoms with E-state index in [1.807, 2.05) is 18.2 Å². The monoisotopic (exact) mass is 276 g/mol. The van der Waals surface area contributed by atoms with Crippen molar-refractivity contribution in [3.05, 3.63) is 40.9 Å². The van der Waals surface area contributed by atoms with Gasteiger partial charge in [0.25, 0.3) is 0 Å². The van der Waals surface area contributed by atoms with E-state index in [4.69, 9.17) is 9.72 Å². The van der Waals surface area contributed by atoms with Crippen molar-refractivity contribution in [2.75, 3.05) is 7.11 Å². The summed E-state index contributed by atoms with van der Waals surface area (Å²) >= 11 is 1.74. The molecular formula is C15H20N2OS. The first-order valence-electron chi connectivity index (χ1n) is 6.47. The van der Waals surface area contributed by atoms with Crippen molar-refractivity contribution < 1.29 is 4.74 Å². The van der Waals surface area contributed by atoms with Gasteiger partial charge in [-0.05, 0) is 0 Å². The van der Waals surface area contributed by atoms with Crippen molar-refractivity contribution >= 4 is 11.3 Å². The van der Waals surface area contributed by atoms with Crippen LogP contribution in [0.2, 0.25) is 0 Å². The Morgan fingerprint density at radius 2 is 2.00 bits per heavy atom. The predicted octanol–water partition coefficient (Wildman–Crippen LogP) is 3.45. The zero-order chi connectivity index (χ0) is 13.7. The van der Waals surface area contributed by atoms with E-state index in [-0.39, 0.29) is 0 Å². The quantitative estimate of drug-likeness (QED) is 0.877. The molecule has 0 bridgehead atoms. The van der Waals surface area contributed by atoms with Crippen LogP contribution in [0.1, 0.15) is 24.4 Å². The Kier molecular flexibility index (Phi) is 5.07. The summed E-state index contributed by atoms with van der Waals surface area (Å²) in [5, 5.41) is 4.50. The van der Waals surface area contributed by atoms with Crippen LogP contribution in [0.5, 0.6) is 0 Å². The van der Waals surface area contributed by atoms with Gasteiger partial charge in [0.05, 0.1) is 12.3 Å². The van der Waals surface area contributed by atoms with E-state index >= 15 is 0 Å². The first kappa shape index (κ1) is 14.2. The highest BCUT2D eigenvalue weighted by atomic mass is 32.1. The minimum Gasteiger partial charge on any atom is -0.378 e. The van der Waals surface area contributed by atoms with Crippen LogP contribution in [0, 0.1) is 0 Å². The van der Waals surface area contributed by atoms with E-state index in [0.717, 1.165) is 17.2 Å². The summed E-state index contributed by atoms with van der Waals surface area (Å²) in [5.41, 5.74) is 2.21. The fraction of sp³-hybridized carbons (Fsp3) is 0.400. The number of hydrogen-bond donors (Lipinski definition) is 1. The Hall–Kier alpha value is -1.23. The Morgan fingerprint density at radius 1 is 1.26 bits per heavy atom. The lowest BCUT2D eigenvalue weighted by atomic mass is 10.2. The molecule has 1 aromatic carbocycles. The van der Waals surface area contributed by atoms with Gasteiger partial charge in [0.2, 0.25) is 0 Å². The number of rotatable bonds is 6. The van der Waals surface area contributed by atoms with Crippen LogP contribution in [0.4, 0.5) is 0 Å². The van der Waals surface area contributed by atoms with Crippen LogP contribution in [0.3, 0.4) is 0 Å². The number of hydrogen-bond acceptors (Lipinski definition) is 4. The molecule has 1 N–H and O–H groups in total. The minimum atomic E-state index is 0.470. The Balaban J connectivity index is 2.24. The molecule has 0 aliphatic heterocycles. The summed E-state index contributed by atoms with van der Waals surface area (Å²) in [4.78, 5) is 5.96. The number of ether oxygens (including phenoxy) is 1. The van der Waals surface area contributed by atoms with Gasteiger partial charge in [0, 0.05) is 30.1 Å². The first-order valence-corrected chi connectivity index (χ1v) is 7.28. The average Bonchev–Trinajstić information content (AvgIpc) is 2.81. The molecule has 0 atom stereocenters. The molecule has 3 nitrogen and oxygen atoms in total. The minimum absolute atomic E-state index is 0.470. The molecule has 0 radical (unpaired) electrons. The van der Waals surface area contributed by atoms with E-state index in [0.29, 0.717) is 12.6 Å². The Bertz CT molecular complexity index is 508. The van der Waals surface area contributed by atoms with Gasteiger partial charge in [0.1, 0.15) is 5.01 Å². The molecule has 2 aromatic rings. The zero-order valence-corrected chi connectivity index (χ0v) is 12.5. The molecule has 0 aliphatic rings. The van der Waals surface area contributed by atoms with Crippen molar-refractivity contribution in [2.45, 2.75) is 33.0 Å². The van der Waals surface area contributed by atoms with Crippen molar-refractivity contribution in [3.63, 3.8) is 0 Å². The molecule has 0 amide bonds. The van der Waals surface area contributed by atoms with Crippen molar-refractivity contribution in [2.24, 2.45) is 0 Å². The van der Waals surface area contributed by atoms with Gasteiger partial charge in [-0.2, -0.15) is 0 Å². The number of benzene rings is 1. The Morgan fingerprint density at radius 3 is 2.63 bits per heavy atom. The second-order valence-electron chi connectivity index (χ2n) is 4.72. The molecule has 0 spiro atoms. The van der Waals surface area contributed by atoms with Crippen LogP contribution >= 0.6 is 11.3 Å². The molecule has 0 unspecified atom stereocenters. The van der Waals surface area contributed by atoms with E-state index in [1.54, 1.807) is 18.4 Å². The maximum absolute atomic E-state index is 5.24. The van der Waals surface area contributed by atoms with Crippen LogP contribution in [0.15, 0.2) is 30.3 Å². The molecule has 4 heteroatoms. The topological polar surface area (TPSA) is 34.1 Å². The van der Waals surface area contributed by atoms with E-state index in [2.05, 4.69) is 31.3 Å². The third-order valence-electron chi connectivity index (χ3n) is 2.75. The lowest BCUT2D eigenvalue weighted by molar-refractivity contribution is 0.181. The fourth-order valence-corrected chi connectivity index (χ4v) is 2.79. The SMILES string of the molecule is COCc1nc(-c2ccccc2)sc1CNC(C)C. The summed E-state index contributed by atoms with van der Waals surface area (Å²) in [6.45, 7) is 5.71. The van der Waals surface area contributed by atoms with Gasteiger partial charge < -0.3 is 10.1 Å². The largest absolute Gasteiger partial charge is 0.378 e. The zero-order valence-electron chi connectivity index (χ0n) is 11.6. The molecule has 0 aliphatic carbocycles. The normalized spacial score (nSPS) is 11.2. The smallest absolute Gasteiger partial charge is 0.124 e. The number of nitrogens with zero attached hydrogens (tertiary/aromatic N) is 1. The highest BCUT2D eigenvalue weighted by molar-refractivity contribution is 7.15. The van der Waals surface area contributed by atoms with Gasteiger partial charge >= 0.3 is 0 Å². The lowest BCUT2D eigenvalue weighted by Crippen LogP contribution is -2.21. The molecule has 19 heavy (non-hydrogen) atoms. The summed E-state index contributed by atoms with van der Waals surface area (Å²) < 4.78 is 5.24. The van der Waals surface area contributed by atoms with E-state index < -0.39 is 0 Å². The third kappa shape index (κ3) is 3.86. The highest BCUT2D eigenvalue weighted by Gasteiger charge is 2.12. The number of nitrogens with one attached hydrogen (secondary N) is 1. The van der Waals surface area contributed by atoms with Crippen LogP contribution < -0.4 is 5.32 Å². The lowest BCUT2D eigenvalue weighted by Gasteiger charge is -2.07. The molecule has 0 saturated carbocycles. The van der Waals surface area contributed by atoms with Gasteiger partial charge in [-0.15, -0.1) is 11.3 Å². The number of methoxy groups -OCH3 is 1. The summed E-state index contributed by atoms with van der Waals surface area (Å²) in [7, 11) is 1.71. The molecule has 1 aromatic heterocycles. The van der Waals surface area contributed by atoms with Crippen LogP contribution in [-0.4, -0.2) is 18.1 Å². The average molecular weight is 276 g/mol. The van der Waals surface area contributed by atoms with Crippen molar-refractivity contribution in [1.29, 1.82) is 0 Å². The second-order valence-corrected chi connectivity index (χ2v) is 5.81. The molecule has 0 fully saturated rings. The first-order chi connectivity index (χ1) is 9.20. The van der Waals surface area contributed by atoms with Gasteiger partial charge in [-0.1, -0.05) is 44.2 Å². The van der Waals surface area contributed by atoms with E-state index in [9.17, 15) is 0 Å². The van der Waals surface area contributed by atoms with Crippen molar-refractivity contribution in [3.8, 4) is 10.6 Å². The molecule has 0 saturated heterocycles. The second kappa shape index (κ2) is 6.80. The summed E-state index contributed by atoms with van der Waals surface area (Å²) in [6, 6.07) is 10.8. The van der Waals surface area contributed by atoms with Gasteiger partial charge in [0.15, 0.2) is 0 Å². The molecule has 1 heterocycles. The molecule has 2 rings (SSSR count). The third-order valence-corrected chi connectivity index (χ3v) is 3.90. The van der Waals surface area contributed by atoms with Crippen LogP contribution in [-0.2, 0) is 17.9 Å². The van der Waals surface area contributed by atoms with Gasteiger partial charge in [-0.3, -0.25) is 0 Å².